The van der Waals surface area contributed by atoms with Crippen molar-refractivity contribution < 1.29 is 8.42 Å². The third-order valence-electron chi connectivity index (χ3n) is 2.68. The van der Waals surface area contributed by atoms with Crippen LogP contribution < -0.4 is 10.5 Å². The van der Waals surface area contributed by atoms with Crippen molar-refractivity contribution in [2.45, 2.75) is 31.6 Å². The molecule has 6 heteroatoms. The Morgan fingerprint density at radius 2 is 2.11 bits per heavy atom. The Morgan fingerprint density at radius 3 is 2.68 bits per heavy atom. The summed E-state index contributed by atoms with van der Waals surface area (Å²) < 4.78 is 26.7. The number of nitrogens with one attached hydrogen (secondary N) is 1. The number of rotatable bonds is 7. The van der Waals surface area contributed by atoms with E-state index in [9.17, 15) is 8.42 Å². The van der Waals surface area contributed by atoms with Crippen molar-refractivity contribution >= 4 is 27.2 Å². The molecule has 0 bridgehead atoms. The lowest BCUT2D eigenvalue weighted by molar-refractivity contribution is 0.540. The lowest BCUT2D eigenvalue weighted by atomic mass is 10.1. The Bertz CT molecular complexity index is 539. The first kappa shape index (κ1) is 16.1. The highest BCUT2D eigenvalue weighted by molar-refractivity contribution is 7.89. The van der Waals surface area contributed by atoms with Crippen LogP contribution >= 0.6 is 12.2 Å². The SMILES string of the molecule is CC(C)CCCNS(=O)(=O)c1cccc(C(N)=S)c1. The molecule has 0 amide bonds. The molecule has 0 spiro atoms. The maximum Gasteiger partial charge on any atom is 0.240 e. The Hall–Kier alpha value is -0.980. The van der Waals surface area contributed by atoms with Crippen LogP contribution in [0.25, 0.3) is 0 Å². The van der Waals surface area contributed by atoms with E-state index < -0.39 is 10.0 Å². The van der Waals surface area contributed by atoms with Gasteiger partial charge in [0.05, 0.1) is 4.90 Å². The molecule has 1 aromatic carbocycles. The highest BCUT2D eigenvalue weighted by atomic mass is 32.2. The van der Waals surface area contributed by atoms with E-state index in [1.807, 2.05) is 0 Å². The molecule has 106 valence electrons. The number of nitrogens with two attached hydrogens (primary N) is 1. The largest absolute Gasteiger partial charge is 0.389 e. The van der Waals surface area contributed by atoms with Gasteiger partial charge in [0.25, 0.3) is 0 Å². The molecule has 3 N–H and O–H groups in total. The minimum atomic E-state index is -3.48. The molecule has 0 heterocycles. The molecule has 1 aromatic rings. The molecule has 19 heavy (non-hydrogen) atoms. The van der Waals surface area contributed by atoms with Crippen molar-refractivity contribution in [1.82, 2.24) is 4.72 Å². The summed E-state index contributed by atoms with van der Waals surface area (Å²) in [6, 6.07) is 6.36. The number of sulfonamides is 1. The molecule has 0 aliphatic heterocycles. The summed E-state index contributed by atoms with van der Waals surface area (Å²) in [5, 5.41) is 0. The van der Waals surface area contributed by atoms with Crippen molar-refractivity contribution in [2.75, 3.05) is 6.54 Å². The predicted octanol–water partition coefficient (Wildman–Crippen LogP) is 2.04. The zero-order valence-corrected chi connectivity index (χ0v) is 12.9. The molecule has 0 aliphatic carbocycles. The summed E-state index contributed by atoms with van der Waals surface area (Å²) in [6.07, 6.45) is 1.82. The lowest BCUT2D eigenvalue weighted by Gasteiger charge is -2.09. The first-order valence-corrected chi connectivity index (χ1v) is 8.11. The van der Waals surface area contributed by atoms with Crippen molar-refractivity contribution in [3.05, 3.63) is 29.8 Å². The molecule has 0 fully saturated rings. The maximum atomic E-state index is 12.1. The molecule has 0 atom stereocenters. The van der Waals surface area contributed by atoms with Gasteiger partial charge in [0.1, 0.15) is 4.99 Å². The minimum absolute atomic E-state index is 0.192. The predicted molar refractivity (Wildman–Crippen MR) is 81.6 cm³/mol. The zero-order chi connectivity index (χ0) is 14.5. The van der Waals surface area contributed by atoms with Crippen molar-refractivity contribution in [1.29, 1.82) is 0 Å². The van der Waals surface area contributed by atoms with E-state index in [-0.39, 0.29) is 9.88 Å². The highest BCUT2D eigenvalue weighted by Crippen LogP contribution is 2.12. The highest BCUT2D eigenvalue weighted by Gasteiger charge is 2.14. The van der Waals surface area contributed by atoms with Gasteiger partial charge in [-0.3, -0.25) is 0 Å². The first-order chi connectivity index (χ1) is 8.83. The smallest absolute Gasteiger partial charge is 0.240 e. The summed E-state index contributed by atoms with van der Waals surface area (Å²) in [5.74, 6) is 0.572. The number of hydrogen-bond acceptors (Lipinski definition) is 3. The number of thiocarbonyl (C=S) groups is 1. The monoisotopic (exact) mass is 300 g/mol. The van der Waals surface area contributed by atoms with E-state index in [4.69, 9.17) is 18.0 Å². The van der Waals surface area contributed by atoms with Crippen molar-refractivity contribution in [3.63, 3.8) is 0 Å². The molecule has 0 unspecified atom stereocenters. The third kappa shape index (κ3) is 5.26. The van der Waals surface area contributed by atoms with E-state index in [1.54, 1.807) is 12.1 Å². The first-order valence-electron chi connectivity index (χ1n) is 6.22. The van der Waals surface area contributed by atoms with Gasteiger partial charge in [-0.05, 0) is 30.9 Å². The van der Waals surface area contributed by atoms with E-state index in [1.165, 1.54) is 12.1 Å². The van der Waals surface area contributed by atoms with Gasteiger partial charge < -0.3 is 5.73 Å². The minimum Gasteiger partial charge on any atom is -0.389 e. The van der Waals surface area contributed by atoms with Gasteiger partial charge in [0.15, 0.2) is 0 Å². The zero-order valence-electron chi connectivity index (χ0n) is 11.2. The van der Waals surface area contributed by atoms with E-state index in [0.717, 1.165) is 12.8 Å². The fraction of sp³-hybridized carbons (Fsp3) is 0.462. The fourth-order valence-electron chi connectivity index (χ4n) is 1.62. The Kier molecular flexibility index (Phi) is 5.90. The van der Waals surface area contributed by atoms with Crippen LogP contribution in [0.4, 0.5) is 0 Å². The molecule has 0 saturated heterocycles. The summed E-state index contributed by atoms with van der Waals surface area (Å²) in [7, 11) is -3.48. The van der Waals surface area contributed by atoms with Gasteiger partial charge in [0.2, 0.25) is 10.0 Å². The number of hydrogen-bond donors (Lipinski definition) is 2. The Morgan fingerprint density at radius 1 is 1.42 bits per heavy atom. The Labute approximate surface area is 120 Å². The number of benzene rings is 1. The van der Waals surface area contributed by atoms with Gasteiger partial charge in [-0.1, -0.05) is 38.2 Å². The topological polar surface area (TPSA) is 72.2 Å². The van der Waals surface area contributed by atoms with Gasteiger partial charge in [-0.2, -0.15) is 0 Å². The standard InChI is InChI=1S/C13H20N2O2S2/c1-10(2)5-4-8-15-19(16,17)12-7-3-6-11(9-12)13(14)18/h3,6-7,9-10,15H,4-5,8H2,1-2H3,(H2,14,18). The normalized spacial score (nSPS) is 11.7. The van der Waals surface area contributed by atoms with Crippen LogP contribution in [0.2, 0.25) is 0 Å². The third-order valence-corrected chi connectivity index (χ3v) is 4.37. The lowest BCUT2D eigenvalue weighted by Crippen LogP contribution is -2.25. The van der Waals surface area contributed by atoms with E-state index in [0.29, 0.717) is 18.0 Å². The van der Waals surface area contributed by atoms with Gasteiger partial charge >= 0.3 is 0 Å². The second-order valence-electron chi connectivity index (χ2n) is 4.83. The quantitative estimate of drug-likeness (QED) is 0.597. The van der Waals surface area contributed by atoms with Gasteiger partial charge in [-0.15, -0.1) is 0 Å². The second-order valence-corrected chi connectivity index (χ2v) is 7.03. The van der Waals surface area contributed by atoms with E-state index >= 15 is 0 Å². The second kappa shape index (κ2) is 6.98. The van der Waals surface area contributed by atoms with Crippen LogP contribution in [-0.2, 0) is 10.0 Å². The molecule has 1 rings (SSSR count). The van der Waals surface area contributed by atoms with Gasteiger partial charge in [-0.25, -0.2) is 13.1 Å². The molecule has 0 aromatic heterocycles. The van der Waals surface area contributed by atoms with Crippen LogP contribution in [0, 0.1) is 5.92 Å². The summed E-state index contributed by atoms with van der Waals surface area (Å²) in [6.45, 7) is 4.66. The van der Waals surface area contributed by atoms with Crippen molar-refractivity contribution in [3.8, 4) is 0 Å². The van der Waals surface area contributed by atoms with Crippen LogP contribution in [0.5, 0.6) is 0 Å². The van der Waals surface area contributed by atoms with Crippen LogP contribution in [0.15, 0.2) is 29.2 Å². The van der Waals surface area contributed by atoms with Gasteiger partial charge in [0, 0.05) is 12.1 Å². The summed E-state index contributed by atoms with van der Waals surface area (Å²) >= 11 is 4.84. The molecular weight excluding hydrogens is 280 g/mol. The molecule has 0 aliphatic rings. The van der Waals surface area contributed by atoms with E-state index in [2.05, 4.69) is 18.6 Å². The summed E-state index contributed by atoms with van der Waals surface area (Å²) in [4.78, 5) is 0.388. The molecule has 4 nitrogen and oxygen atoms in total. The average Bonchev–Trinajstić information content (AvgIpc) is 2.34. The van der Waals surface area contributed by atoms with Crippen LogP contribution in [-0.4, -0.2) is 20.0 Å². The average molecular weight is 300 g/mol. The Balaban J connectivity index is 2.72. The molecular formula is C13H20N2O2S2. The summed E-state index contributed by atoms with van der Waals surface area (Å²) in [5.41, 5.74) is 6.05. The fourth-order valence-corrected chi connectivity index (χ4v) is 2.86. The van der Waals surface area contributed by atoms with Crippen LogP contribution in [0.1, 0.15) is 32.3 Å². The molecule has 0 radical (unpaired) electrons. The van der Waals surface area contributed by atoms with Crippen molar-refractivity contribution in [2.24, 2.45) is 11.7 Å². The molecule has 0 saturated carbocycles. The van der Waals surface area contributed by atoms with Crippen LogP contribution in [0.3, 0.4) is 0 Å². The maximum absolute atomic E-state index is 12.1.